The van der Waals surface area contributed by atoms with Crippen LogP contribution in [-0.4, -0.2) is 29.7 Å². The molecule has 1 heterocycles. The SMILES string of the molecule is CCCCN(CC)C(=O)CCC(=O)c1cc(C)sc1C. The van der Waals surface area contributed by atoms with Gasteiger partial charge in [0.1, 0.15) is 0 Å². The van der Waals surface area contributed by atoms with Crippen molar-refractivity contribution in [1.82, 2.24) is 4.90 Å². The molecule has 0 aliphatic heterocycles. The van der Waals surface area contributed by atoms with Crippen molar-refractivity contribution in [3.63, 3.8) is 0 Å². The summed E-state index contributed by atoms with van der Waals surface area (Å²) in [7, 11) is 0. The molecule has 0 atom stereocenters. The van der Waals surface area contributed by atoms with Gasteiger partial charge in [-0.1, -0.05) is 13.3 Å². The van der Waals surface area contributed by atoms with Crippen molar-refractivity contribution in [2.75, 3.05) is 13.1 Å². The van der Waals surface area contributed by atoms with Crippen molar-refractivity contribution in [2.45, 2.75) is 53.4 Å². The molecule has 0 aromatic carbocycles. The molecule has 1 rings (SSSR count). The predicted octanol–water partition coefficient (Wildman–Crippen LogP) is 3.98. The molecule has 0 aliphatic rings. The minimum atomic E-state index is 0.0896. The highest BCUT2D eigenvalue weighted by molar-refractivity contribution is 7.12. The van der Waals surface area contributed by atoms with E-state index in [9.17, 15) is 9.59 Å². The van der Waals surface area contributed by atoms with Crippen molar-refractivity contribution in [1.29, 1.82) is 0 Å². The molecule has 0 fully saturated rings. The van der Waals surface area contributed by atoms with Crippen LogP contribution in [0.2, 0.25) is 0 Å². The first kappa shape index (κ1) is 16.9. The molecular formula is C16H25NO2S. The van der Waals surface area contributed by atoms with Crippen molar-refractivity contribution >= 4 is 23.0 Å². The third-order valence-electron chi connectivity index (χ3n) is 3.42. The summed E-state index contributed by atoms with van der Waals surface area (Å²) in [6.45, 7) is 9.60. The van der Waals surface area contributed by atoms with Crippen LogP contribution in [0.25, 0.3) is 0 Å². The maximum absolute atomic E-state index is 12.1. The van der Waals surface area contributed by atoms with Crippen LogP contribution in [0, 0.1) is 13.8 Å². The highest BCUT2D eigenvalue weighted by Gasteiger charge is 2.16. The second-order valence-corrected chi connectivity index (χ2v) is 6.54. The lowest BCUT2D eigenvalue weighted by Crippen LogP contribution is -2.31. The van der Waals surface area contributed by atoms with Gasteiger partial charge in [-0.05, 0) is 33.3 Å². The molecule has 1 aromatic rings. The van der Waals surface area contributed by atoms with E-state index in [1.54, 1.807) is 11.3 Å². The van der Waals surface area contributed by atoms with Gasteiger partial charge in [-0.15, -0.1) is 11.3 Å². The van der Waals surface area contributed by atoms with Gasteiger partial charge in [0.25, 0.3) is 0 Å². The highest BCUT2D eigenvalue weighted by atomic mass is 32.1. The Kier molecular flexibility index (Phi) is 6.93. The Bertz CT molecular complexity index is 465. The Labute approximate surface area is 126 Å². The Balaban J connectivity index is 2.51. The van der Waals surface area contributed by atoms with Gasteiger partial charge in [0.05, 0.1) is 0 Å². The minimum Gasteiger partial charge on any atom is -0.343 e. The summed E-state index contributed by atoms with van der Waals surface area (Å²) >= 11 is 1.64. The number of rotatable bonds is 8. The lowest BCUT2D eigenvalue weighted by atomic mass is 10.1. The summed E-state index contributed by atoms with van der Waals surface area (Å²) in [6.07, 6.45) is 2.75. The first-order valence-corrected chi connectivity index (χ1v) is 8.19. The molecule has 20 heavy (non-hydrogen) atoms. The second-order valence-electron chi connectivity index (χ2n) is 5.08. The summed E-state index contributed by atoms with van der Waals surface area (Å²) in [5.41, 5.74) is 0.789. The standard InChI is InChI=1S/C16H25NO2S/c1-5-7-10-17(6-2)16(19)9-8-15(18)14-11-12(3)20-13(14)4/h11H,5-10H2,1-4H3. The number of hydrogen-bond acceptors (Lipinski definition) is 3. The lowest BCUT2D eigenvalue weighted by Gasteiger charge is -2.20. The maximum atomic E-state index is 12.1. The van der Waals surface area contributed by atoms with E-state index < -0.39 is 0 Å². The van der Waals surface area contributed by atoms with Crippen molar-refractivity contribution < 1.29 is 9.59 Å². The third kappa shape index (κ3) is 4.75. The normalized spacial score (nSPS) is 10.6. The van der Waals surface area contributed by atoms with Crippen LogP contribution in [-0.2, 0) is 4.79 Å². The molecule has 0 saturated carbocycles. The Hall–Kier alpha value is -1.16. The zero-order valence-electron chi connectivity index (χ0n) is 13.0. The van der Waals surface area contributed by atoms with Gasteiger partial charge in [0.2, 0.25) is 5.91 Å². The Morgan fingerprint density at radius 1 is 1.20 bits per heavy atom. The smallest absolute Gasteiger partial charge is 0.223 e. The van der Waals surface area contributed by atoms with Gasteiger partial charge in [0.15, 0.2) is 5.78 Å². The van der Waals surface area contributed by atoms with Gasteiger partial charge in [-0.3, -0.25) is 9.59 Å². The van der Waals surface area contributed by atoms with Crippen LogP contribution >= 0.6 is 11.3 Å². The van der Waals surface area contributed by atoms with E-state index in [1.165, 1.54) is 0 Å². The molecule has 0 saturated heterocycles. The van der Waals surface area contributed by atoms with Gasteiger partial charge in [-0.25, -0.2) is 0 Å². The number of hydrogen-bond donors (Lipinski definition) is 0. The van der Waals surface area contributed by atoms with Crippen molar-refractivity contribution in [3.05, 3.63) is 21.4 Å². The van der Waals surface area contributed by atoms with E-state index in [1.807, 2.05) is 31.7 Å². The number of carbonyl (C=O) groups is 2. The first-order chi connectivity index (χ1) is 9.49. The highest BCUT2D eigenvalue weighted by Crippen LogP contribution is 2.22. The number of aryl methyl sites for hydroxylation is 2. The number of carbonyl (C=O) groups excluding carboxylic acids is 2. The van der Waals surface area contributed by atoms with Crippen LogP contribution in [0.4, 0.5) is 0 Å². The predicted molar refractivity (Wildman–Crippen MR) is 84.5 cm³/mol. The van der Waals surface area contributed by atoms with E-state index >= 15 is 0 Å². The molecule has 4 heteroatoms. The van der Waals surface area contributed by atoms with Gasteiger partial charge >= 0.3 is 0 Å². The molecule has 1 amide bonds. The van der Waals surface area contributed by atoms with Crippen LogP contribution in [0.5, 0.6) is 0 Å². The zero-order valence-corrected chi connectivity index (χ0v) is 13.8. The molecule has 3 nitrogen and oxygen atoms in total. The van der Waals surface area contributed by atoms with E-state index in [0.717, 1.165) is 41.2 Å². The zero-order chi connectivity index (χ0) is 15.1. The molecule has 0 spiro atoms. The molecule has 0 radical (unpaired) electrons. The Morgan fingerprint density at radius 2 is 1.90 bits per heavy atom. The molecule has 0 aliphatic carbocycles. The first-order valence-electron chi connectivity index (χ1n) is 7.37. The van der Waals surface area contributed by atoms with Gasteiger partial charge in [-0.2, -0.15) is 0 Å². The van der Waals surface area contributed by atoms with Crippen LogP contribution in [0.1, 0.15) is 59.6 Å². The fourth-order valence-corrected chi connectivity index (χ4v) is 3.17. The van der Waals surface area contributed by atoms with Crippen LogP contribution < -0.4 is 0 Å². The summed E-state index contributed by atoms with van der Waals surface area (Å²) in [6, 6.07) is 1.93. The maximum Gasteiger partial charge on any atom is 0.223 e. The van der Waals surface area contributed by atoms with Gasteiger partial charge in [0, 0.05) is 41.2 Å². The molecule has 112 valence electrons. The number of amides is 1. The number of thiophene rings is 1. The molecule has 1 aromatic heterocycles. The fourth-order valence-electron chi connectivity index (χ4n) is 2.23. The third-order valence-corrected chi connectivity index (χ3v) is 4.39. The number of ketones is 1. The number of Topliss-reactive ketones (excluding diaryl/α,β-unsaturated/α-hetero) is 1. The monoisotopic (exact) mass is 295 g/mol. The largest absolute Gasteiger partial charge is 0.343 e. The Morgan fingerprint density at radius 3 is 2.40 bits per heavy atom. The lowest BCUT2D eigenvalue weighted by molar-refractivity contribution is -0.131. The quantitative estimate of drug-likeness (QED) is 0.680. The summed E-state index contributed by atoms with van der Waals surface area (Å²) in [5.74, 6) is 0.186. The van der Waals surface area contributed by atoms with Crippen molar-refractivity contribution in [3.8, 4) is 0 Å². The second kappa shape index (κ2) is 8.20. The van der Waals surface area contributed by atoms with E-state index in [4.69, 9.17) is 0 Å². The molecule has 0 N–H and O–H groups in total. The van der Waals surface area contributed by atoms with Crippen LogP contribution in [0.15, 0.2) is 6.07 Å². The molecular weight excluding hydrogens is 270 g/mol. The summed E-state index contributed by atoms with van der Waals surface area (Å²) < 4.78 is 0. The number of unbranched alkanes of at least 4 members (excludes halogenated alkanes) is 1. The number of nitrogens with zero attached hydrogens (tertiary/aromatic N) is 1. The minimum absolute atomic E-state index is 0.0896. The van der Waals surface area contributed by atoms with Crippen molar-refractivity contribution in [2.24, 2.45) is 0 Å². The topological polar surface area (TPSA) is 37.4 Å². The average Bonchev–Trinajstić information content (AvgIpc) is 2.76. The van der Waals surface area contributed by atoms with Crippen LogP contribution in [0.3, 0.4) is 0 Å². The van der Waals surface area contributed by atoms with E-state index in [-0.39, 0.29) is 11.7 Å². The summed E-state index contributed by atoms with van der Waals surface area (Å²) in [4.78, 5) is 28.3. The van der Waals surface area contributed by atoms with E-state index in [2.05, 4.69) is 6.92 Å². The molecule has 0 unspecified atom stereocenters. The van der Waals surface area contributed by atoms with E-state index in [0.29, 0.717) is 12.8 Å². The summed E-state index contributed by atoms with van der Waals surface area (Å²) in [5, 5.41) is 0. The van der Waals surface area contributed by atoms with Gasteiger partial charge < -0.3 is 4.90 Å². The fraction of sp³-hybridized carbons (Fsp3) is 0.625. The average molecular weight is 295 g/mol. The molecule has 0 bridgehead atoms.